The summed E-state index contributed by atoms with van der Waals surface area (Å²) < 4.78 is 43.9. The molecule has 1 aromatic heterocycles. The van der Waals surface area contributed by atoms with Crippen LogP contribution in [0.25, 0.3) is 10.9 Å². The van der Waals surface area contributed by atoms with Crippen LogP contribution >= 0.6 is 15.9 Å². The first kappa shape index (κ1) is 22.1. The van der Waals surface area contributed by atoms with E-state index in [4.69, 9.17) is 9.57 Å². The molecule has 1 aromatic carbocycles. The Hall–Kier alpha value is -1.56. The van der Waals surface area contributed by atoms with E-state index in [0.717, 1.165) is 19.1 Å². The lowest BCUT2D eigenvalue weighted by atomic mass is 10.1. The molecule has 1 amide bonds. The number of rotatable bonds is 7. The van der Waals surface area contributed by atoms with Crippen LogP contribution in [0.3, 0.4) is 0 Å². The first-order valence-electron chi connectivity index (χ1n) is 9.20. The van der Waals surface area contributed by atoms with Gasteiger partial charge in [0.25, 0.3) is 5.91 Å². The number of nitrogens with one attached hydrogen (secondary N) is 1. The maximum atomic E-state index is 13.7. The minimum atomic E-state index is -3.77. The number of hydrogen-bond donors (Lipinski definition) is 1. The zero-order chi connectivity index (χ0) is 21.2. The van der Waals surface area contributed by atoms with Gasteiger partial charge in [-0.2, -0.15) is 5.10 Å². The molecule has 2 aromatic rings. The molecule has 1 aliphatic rings. The first-order valence-corrected chi connectivity index (χ1v) is 11.9. The fourth-order valence-electron chi connectivity index (χ4n) is 3.01. The van der Waals surface area contributed by atoms with Gasteiger partial charge >= 0.3 is 0 Å². The summed E-state index contributed by atoms with van der Waals surface area (Å²) in [5, 5.41) is 4.95. The van der Waals surface area contributed by atoms with Gasteiger partial charge in [-0.05, 0) is 48.2 Å². The largest absolute Gasteiger partial charge is 0.350 e. The molecule has 0 saturated carbocycles. The molecule has 0 aliphatic carbocycles. The van der Waals surface area contributed by atoms with Gasteiger partial charge in [-0.25, -0.2) is 23.1 Å². The van der Waals surface area contributed by atoms with Gasteiger partial charge in [-0.3, -0.25) is 9.48 Å². The van der Waals surface area contributed by atoms with Crippen molar-refractivity contribution < 1.29 is 27.2 Å². The number of halogens is 2. The monoisotopic (exact) mass is 491 g/mol. The molecule has 11 heteroatoms. The van der Waals surface area contributed by atoms with E-state index < -0.39 is 32.6 Å². The van der Waals surface area contributed by atoms with Crippen LogP contribution in [0, 0.1) is 5.82 Å². The average molecular weight is 492 g/mol. The second kappa shape index (κ2) is 8.66. The standard InChI is InChI=1S/C18H23BrFN3O5S/c1-18(29(2,25)26,17(24)22-28-16-5-3-4-8-27-16)6-7-23-11-12-9-13(19)14(20)10-15(12)21-23/h9-11,16H,3-8H2,1-2H3,(H,22,24)/t16?,18-/m0/s1. The van der Waals surface area contributed by atoms with E-state index in [1.165, 1.54) is 17.7 Å². The smallest absolute Gasteiger partial charge is 0.264 e. The van der Waals surface area contributed by atoms with Crippen LogP contribution < -0.4 is 5.48 Å². The van der Waals surface area contributed by atoms with Gasteiger partial charge < -0.3 is 4.74 Å². The Kier molecular flexibility index (Phi) is 6.61. The fourth-order valence-corrected chi connectivity index (χ4v) is 4.21. The highest BCUT2D eigenvalue weighted by Crippen LogP contribution is 2.25. The van der Waals surface area contributed by atoms with E-state index in [9.17, 15) is 17.6 Å². The summed E-state index contributed by atoms with van der Waals surface area (Å²) in [6.07, 6.45) is 4.52. The summed E-state index contributed by atoms with van der Waals surface area (Å²) in [7, 11) is -3.77. The maximum Gasteiger partial charge on any atom is 0.264 e. The Morgan fingerprint density at radius 3 is 2.90 bits per heavy atom. The third kappa shape index (κ3) is 4.96. The number of amides is 1. The van der Waals surface area contributed by atoms with Crippen molar-refractivity contribution in [1.82, 2.24) is 15.3 Å². The molecule has 0 spiro atoms. The minimum absolute atomic E-state index is 0.0375. The normalized spacial score (nSPS) is 19.8. The highest BCUT2D eigenvalue weighted by Gasteiger charge is 2.44. The van der Waals surface area contributed by atoms with Crippen molar-refractivity contribution in [2.24, 2.45) is 0 Å². The molecule has 160 valence electrons. The molecule has 8 nitrogen and oxygen atoms in total. The number of aromatic nitrogens is 2. The van der Waals surface area contributed by atoms with Gasteiger partial charge in [0, 0.05) is 43.5 Å². The molecule has 3 rings (SSSR count). The first-order chi connectivity index (χ1) is 13.6. The number of aryl methyl sites for hydroxylation is 1. The van der Waals surface area contributed by atoms with Gasteiger partial charge in [-0.15, -0.1) is 0 Å². The minimum Gasteiger partial charge on any atom is -0.350 e. The van der Waals surface area contributed by atoms with Crippen LogP contribution in [0.15, 0.2) is 22.8 Å². The Labute approximate surface area is 176 Å². The topological polar surface area (TPSA) is 99.5 Å². The highest BCUT2D eigenvalue weighted by molar-refractivity contribution is 9.10. The molecule has 0 bridgehead atoms. The van der Waals surface area contributed by atoms with Crippen LogP contribution in [0.2, 0.25) is 0 Å². The molecule has 2 heterocycles. The van der Waals surface area contributed by atoms with Gasteiger partial charge in [0.05, 0.1) is 9.99 Å². The van der Waals surface area contributed by atoms with Crippen molar-refractivity contribution in [1.29, 1.82) is 0 Å². The summed E-state index contributed by atoms with van der Waals surface area (Å²) in [6.45, 7) is 2.03. The number of carbonyl (C=O) groups is 1. The molecular weight excluding hydrogens is 469 g/mol. The van der Waals surface area contributed by atoms with Gasteiger partial charge in [0.15, 0.2) is 20.9 Å². The summed E-state index contributed by atoms with van der Waals surface area (Å²) in [4.78, 5) is 17.9. The van der Waals surface area contributed by atoms with Crippen LogP contribution in [-0.4, -0.2) is 48.0 Å². The summed E-state index contributed by atoms with van der Waals surface area (Å²) in [6, 6.07) is 2.88. The number of carbonyl (C=O) groups excluding carboxylic acids is 1. The zero-order valence-corrected chi connectivity index (χ0v) is 18.6. The fraction of sp³-hybridized carbons (Fsp3) is 0.556. The van der Waals surface area contributed by atoms with E-state index in [2.05, 4.69) is 26.5 Å². The summed E-state index contributed by atoms with van der Waals surface area (Å²) >= 11 is 3.12. The van der Waals surface area contributed by atoms with Gasteiger partial charge in [0.1, 0.15) is 5.82 Å². The Morgan fingerprint density at radius 1 is 1.48 bits per heavy atom. The lowest BCUT2D eigenvalue weighted by Gasteiger charge is -2.28. The van der Waals surface area contributed by atoms with E-state index in [1.54, 1.807) is 12.3 Å². The Morgan fingerprint density at radius 2 is 2.24 bits per heavy atom. The number of sulfone groups is 1. The van der Waals surface area contributed by atoms with Crippen molar-refractivity contribution in [3.8, 4) is 0 Å². The number of nitrogens with zero attached hydrogens (tertiary/aromatic N) is 2. The number of ether oxygens (including phenoxy) is 1. The quantitative estimate of drug-likeness (QED) is 0.597. The molecule has 1 N–H and O–H groups in total. The molecule has 2 atom stereocenters. The average Bonchev–Trinajstić information content (AvgIpc) is 3.06. The van der Waals surface area contributed by atoms with E-state index in [1.807, 2.05) is 0 Å². The Bertz CT molecular complexity index is 967. The third-order valence-electron chi connectivity index (χ3n) is 5.13. The van der Waals surface area contributed by atoms with Gasteiger partial charge in [0.2, 0.25) is 0 Å². The Balaban J connectivity index is 1.72. The molecular formula is C18H23BrFN3O5S. The molecule has 29 heavy (non-hydrogen) atoms. The second-order valence-electron chi connectivity index (χ2n) is 7.32. The van der Waals surface area contributed by atoms with Crippen LogP contribution in [0.4, 0.5) is 4.39 Å². The predicted molar refractivity (Wildman–Crippen MR) is 108 cm³/mol. The summed E-state index contributed by atoms with van der Waals surface area (Å²) in [5.41, 5.74) is 2.69. The van der Waals surface area contributed by atoms with Crippen molar-refractivity contribution >= 4 is 42.6 Å². The van der Waals surface area contributed by atoms with Crippen LogP contribution in [0.5, 0.6) is 0 Å². The lowest BCUT2D eigenvalue weighted by Crippen LogP contribution is -2.51. The number of hydrogen-bond acceptors (Lipinski definition) is 6. The van der Waals surface area contributed by atoms with Crippen LogP contribution in [0.1, 0.15) is 32.6 Å². The lowest BCUT2D eigenvalue weighted by molar-refractivity contribution is -0.201. The molecule has 1 unspecified atom stereocenters. The SMILES string of the molecule is C[C@](CCn1cc2cc(Br)c(F)cc2n1)(C(=O)NOC1CCCCO1)S(C)(=O)=O. The van der Waals surface area contributed by atoms with E-state index in [-0.39, 0.29) is 13.0 Å². The van der Waals surface area contributed by atoms with Crippen molar-refractivity contribution in [3.63, 3.8) is 0 Å². The number of hydroxylamine groups is 1. The molecule has 0 radical (unpaired) electrons. The number of fused-ring (bicyclic) bond motifs is 1. The van der Waals surface area contributed by atoms with E-state index >= 15 is 0 Å². The second-order valence-corrected chi connectivity index (χ2v) is 10.6. The van der Waals surface area contributed by atoms with Crippen molar-refractivity contribution in [2.75, 3.05) is 12.9 Å². The zero-order valence-electron chi connectivity index (χ0n) is 16.2. The maximum absolute atomic E-state index is 13.7. The highest BCUT2D eigenvalue weighted by atomic mass is 79.9. The van der Waals surface area contributed by atoms with Crippen molar-refractivity contribution in [2.45, 2.75) is 50.2 Å². The molecule has 1 fully saturated rings. The van der Waals surface area contributed by atoms with E-state index in [0.29, 0.717) is 28.4 Å². The number of benzene rings is 1. The van der Waals surface area contributed by atoms with Crippen LogP contribution in [-0.2, 0) is 30.8 Å². The molecule has 1 saturated heterocycles. The van der Waals surface area contributed by atoms with Gasteiger partial charge in [-0.1, -0.05) is 0 Å². The third-order valence-corrected chi connectivity index (χ3v) is 7.77. The van der Waals surface area contributed by atoms with Crippen molar-refractivity contribution in [3.05, 3.63) is 28.6 Å². The molecule has 1 aliphatic heterocycles. The summed E-state index contributed by atoms with van der Waals surface area (Å²) in [5.74, 6) is -1.20. The predicted octanol–water partition coefficient (Wildman–Crippen LogP) is 2.71.